The Kier molecular flexibility index (Phi) is 4.05. The van der Waals surface area contributed by atoms with Gasteiger partial charge in [-0.3, -0.25) is 0 Å². The Morgan fingerprint density at radius 1 is 0.359 bits per heavy atom. The SMILES string of the molecule is c1ccc(-c2ccc3oc4cc5oc6ccc(-n7c8ccccc8c8ccccc87)cc6c5cc4c3c2)cc1. The summed E-state index contributed by atoms with van der Waals surface area (Å²) in [5, 5.41) is 6.91. The fourth-order valence-corrected chi connectivity index (χ4v) is 6.18. The molecule has 6 aromatic carbocycles. The lowest BCUT2D eigenvalue weighted by molar-refractivity contribution is 0.656. The molecule has 182 valence electrons. The monoisotopic (exact) mass is 499 g/mol. The molecule has 0 saturated heterocycles. The second-order valence-electron chi connectivity index (χ2n) is 10.2. The lowest BCUT2D eigenvalue weighted by atomic mass is 10.0. The Bertz CT molecular complexity index is 2330. The molecule has 9 aromatic rings. The van der Waals surface area contributed by atoms with Crippen molar-refractivity contribution in [3.63, 3.8) is 0 Å². The molecular weight excluding hydrogens is 478 g/mol. The van der Waals surface area contributed by atoms with E-state index in [4.69, 9.17) is 8.83 Å². The molecule has 0 amide bonds. The van der Waals surface area contributed by atoms with E-state index in [-0.39, 0.29) is 0 Å². The van der Waals surface area contributed by atoms with Crippen molar-refractivity contribution in [2.75, 3.05) is 0 Å². The highest BCUT2D eigenvalue weighted by molar-refractivity contribution is 6.16. The van der Waals surface area contributed by atoms with Crippen LogP contribution in [0.3, 0.4) is 0 Å². The molecule has 3 nitrogen and oxygen atoms in total. The molecule has 0 aliphatic carbocycles. The van der Waals surface area contributed by atoms with Crippen LogP contribution in [0.4, 0.5) is 0 Å². The van der Waals surface area contributed by atoms with E-state index in [1.54, 1.807) is 0 Å². The highest BCUT2D eigenvalue weighted by Gasteiger charge is 2.16. The van der Waals surface area contributed by atoms with Crippen molar-refractivity contribution in [1.29, 1.82) is 0 Å². The molecule has 3 aromatic heterocycles. The number of hydrogen-bond donors (Lipinski definition) is 0. The zero-order chi connectivity index (χ0) is 25.5. The summed E-state index contributed by atoms with van der Waals surface area (Å²) in [7, 11) is 0. The highest BCUT2D eigenvalue weighted by Crippen LogP contribution is 2.39. The summed E-state index contributed by atoms with van der Waals surface area (Å²) in [4.78, 5) is 0. The molecule has 0 aliphatic heterocycles. The van der Waals surface area contributed by atoms with Crippen LogP contribution in [0.15, 0.2) is 136 Å². The van der Waals surface area contributed by atoms with Gasteiger partial charge in [0.25, 0.3) is 0 Å². The van der Waals surface area contributed by atoms with Crippen molar-refractivity contribution in [3.8, 4) is 16.8 Å². The van der Waals surface area contributed by atoms with Crippen molar-refractivity contribution in [3.05, 3.63) is 127 Å². The molecule has 0 atom stereocenters. The third-order valence-electron chi connectivity index (χ3n) is 7.99. The van der Waals surface area contributed by atoms with Gasteiger partial charge in [0.05, 0.1) is 11.0 Å². The van der Waals surface area contributed by atoms with E-state index < -0.39 is 0 Å². The summed E-state index contributed by atoms with van der Waals surface area (Å²) >= 11 is 0. The molecule has 0 spiro atoms. The Labute approximate surface area is 223 Å². The van der Waals surface area contributed by atoms with E-state index in [2.05, 4.69) is 120 Å². The third-order valence-corrected chi connectivity index (χ3v) is 7.99. The second-order valence-corrected chi connectivity index (χ2v) is 10.2. The van der Waals surface area contributed by atoms with Crippen LogP contribution < -0.4 is 0 Å². The lowest BCUT2D eigenvalue weighted by Gasteiger charge is -2.08. The quantitative estimate of drug-likeness (QED) is 0.237. The summed E-state index contributed by atoms with van der Waals surface area (Å²) < 4.78 is 14.9. The standard InChI is InChI=1S/C36H21NO2/c1-2-8-22(9-3-1)23-14-16-33-27(18-23)29-20-30-28-19-24(15-17-34(28)39-36(30)21-35(29)38-33)37-31-12-6-4-10-25(31)26-11-5-7-13-32(26)37/h1-21H. The zero-order valence-electron chi connectivity index (χ0n) is 20.9. The fraction of sp³-hybridized carbons (Fsp3) is 0. The van der Waals surface area contributed by atoms with Crippen LogP contribution >= 0.6 is 0 Å². The summed E-state index contributed by atoms with van der Waals surface area (Å²) in [6.07, 6.45) is 0. The maximum Gasteiger partial charge on any atom is 0.139 e. The smallest absolute Gasteiger partial charge is 0.139 e. The van der Waals surface area contributed by atoms with Crippen molar-refractivity contribution in [2.24, 2.45) is 0 Å². The van der Waals surface area contributed by atoms with Crippen molar-refractivity contribution in [2.45, 2.75) is 0 Å². The maximum absolute atomic E-state index is 6.33. The van der Waals surface area contributed by atoms with Gasteiger partial charge in [0, 0.05) is 44.1 Å². The van der Waals surface area contributed by atoms with Gasteiger partial charge in [-0.15, -0.1) is 0 Å². The Balaban J connectivity index is 1.31. The van der Waals surface area contributed by atoms with Gasteiger partial charge in [-0.1, -0.05) is 72.8 Å². The second kappa shape index (κ2) is 7.62. The van der Waals surface area contributed by atoms with Crippen LogP contribution in [-0.2, 0) is 0 Å². The average molecular weight is 500 g/mol. The fourth-order valence-electron chi connectivity index (χ4n) is 6.18. The van der Waals surface area contributed by atoms with Crippen molar-refractivity contribution in [1.82, 2.24) is 4.57 Å². The van der Waals surface area contributed by atoms with Crippen molar-refractivity contribution >= 4 is 65.7 Å². The lowest BCUT2D eigenvalue weighted by Crippen LogP contribution is -1.93. The molecule has 3 heterocycles. The Hall–Kier alpha value is -5.28. The molecular formula is C36H21NO2. The zero-order valence-corrected chi connectivity index (χ0v) is 20.9. The number of furan rings is 2. The molecule has 0 radical (unpaired) electrons. The first-order valence-electron chi connectivity index (χ1n) is 13.2. The van der Waals surface area contributed by atoms with E-state index in [1.807, 2.05) is 12.1 Å². The molecule has 3 heteroatoms. The van der Waals surface area contributed by atoms with Gasteiger partial charge >= 0.3 is 0 Å². The van der Waals surface area contributed by atoms with E-state index in [0.29, 0.717) is 0 Å². The summed E-state index contributed by atoms with van der Waals surface area (Å²) in [6, 6.07) is 44.8. The largest absolute Gasteiger partial charge is 0.456 e. The highest BCUT2D eigenvalue weighted by atomic mass is 16.3. The molecule has 0 aliphatic rings. The first kappa shape index (κ1) is 20.7. The van der Waals surface area contributed by atoms with Crippen LogP contribution in [0.1, 0.15) is 0 Å². The molecule has 0 N–H and O–H groups in total. The molecule has 0 unspecified atom stereocenters. The van der Waals surface area contributed by atoms with E-state index in [0.717, 1.165) is 49.6 Å². The molecule has 39 heavy (non-hydrogen) atoms. The van der Waals surface area contributed by atoms with E-state index in [9.17, 15) is 0 Å². The van der Waals surface area contributed by atoms with Gasteiger partial charge in [-0.25, -0.2) is 0 Å². The summed E-state index contributed by atoms with van der Waals surface area (Å²) in [6.45, 7) is 0. The third kappa shape index (κ3) is 2.93. The normalized spacial score (nSPS) is 12.1. The summed E-state index contributed by atoms with van der Waals surface area (Å²) in [5.41, 5.74) is 9.31. The van der Waals surface area contributed by atoms with Gasteiger partial charge in [0.2, 0.25) is 0 Å². The molecule has 0 bridgehead atoms. The minimum Gasteiger partial charge on any atom is -0.456 e. The number of fused-ring (bicyclic) bond motifs is 9. The predicted molar refractivity (Wildman–Crippen MR) is 161 cm³/mol. The number of nitrogens with zero attached hydrogens (tertiary/aromatic N) is 1. The van der Waals surface area contributed by atoms with Crippen LogP contribution in [0, 0.1) is 0 Å². The van der Waals surface area contributed by atoms with Gasteiger partial charge in [-0.2, -0.15) is 0 Å². The topological polar surface area (TPSA) is 31.2 Å². The number of rotatable bonds is 2. The average Bonchev–Trinajstić information content (AvgIpc) is 3.64. The minimum absolute atomic E-state index is 0.833. The van der Waals surface area contributed by atoms with Crippen LogP contribution in [-0.4, -0.2) is 4.57 Å². The van der Waals surface area contributed by atoms with Crippen LogP contribution in [0.25, 0.3) is 82.5 Å². The molecule has 0 saturated carbocycles. The Morgan fingerprint density at radius 2 is 0.923 bits per heavy atom. The predicted octanol–water partition coefficient (Wildman–Crippen LogP) is 10.2. The van der Waals surface area contributed by atoms with Gasteiger partial charge in [0.1, 0.15) is 22.3 Å². The maximum atomic E-state index is 6.33. The van der Waals surface area contributed by atoms with Gasteiger partial charge < -0.3 is 13.4 Å². The molecule has 0 fully saturated rings. The Morgan fingerprint density at radius 3 is 1.62 bits per heavy atom. The summed E-state index contributed by atoms with van der Waals surface area (Å²) in [5.74, 6) is 0. The van der Waals surface area contributed by atoms with Crippen LogP contribution in [0.2, 0.25) is 0 Å². The van der Waals surface area contributed by atoms with E-state index >= 15 is 0 Å². The van der Waals surface area contributed by atoms with Gasteiger partial charge in [0.15, 0.2) is 0 Å². The number of hydrogen-bond acceptors (Lipinski definition) is 2. The van der Waals surface area contributed by atoms with E-state index in [1.165, 1.54) is 32.9 Å². The number of benzene rings is 6. The minimum atomic E-state index is 0.833. The first-order chi connectivity index (χ1) is 19.3. The van der Waals surface area contributed by atoms with Gasteiger partial charge in [-0.05, 0) is 59.7 Å². The molecule has 9 rings (SSSR count). The van der Waals surface area contributed by atoms with Crippen LogP contribution in [0.5, 0.6) is 0 Å². The van der Waals surface area contributed by atoms with Crippen molar-refractivity contribution < 1.29 is 8.83 Å². The number of aromatic nitrogens is 1. The first-order valence-corrected chi connectivity index (χ1v) is 13.2. The number of para-hydroxylation sites is 2.